The van der Waals surface area contributed by atoms with Gasteiger partial charge in [0.2, 0.25) is 10.0 Å². The number of nitrogens with zero attached hydrogens (tertiary/aromatic N) is 3. The third-order valence-electron chi connectivity index (χ3n) is 6.12. The summed E-state index contributed by atoms with van der Waals surface area (Å²) >= 11 is 0. The van der Waals surface area contributed by atoms with Crippen LogP contribution >= 0.6 is 0 Å². The van der Waals surface area contributed by atoms with Crippen LogP contribution in [-0.2, 0) is 25.3 Å². The van der Waals surface area contributed by atoms with Crippen LogP contribution in [0.3, 0.4) is 0 Å². The van der Waals surface area contributed by atoms with Crippen LogP contribution < -0.4 is 5.32 Å². The van der Waals surface area contributed by atoms with Crippen molar-refractivity contribution in [1.29, 1.82) is 5.41 Å². The highest BCUT2D eigenvalue weighted by molar-refractivity contribution is 7.88. The molecule has 1 amide bonds. The van der Waals surface area contributed by atoms with Gasteiger partial charge in [0.05, 0.1) is 24.7 Å². The van der Waals surface area contributed by atoms with Gasteiger partial charge in [0.15, 0.2) is 0 Å². The summed E-state index contributed by atoms with van der Waals surface area (Å²) in [5, 5.41) is 11.1. The second-order valence-electron chi connectivity index (χ2n) is 8.43. The molecule has 2 heterocycles. The van der Waals surface area contributed by atoms with Gasteiger partial charge in [0, 0.05) is 51.2 Å². The van der Waals surface area contributed by atoms with Crippen LogP contribution in [0.5, 0.6) is 0 Å². The summed E-state index contributed by atoms with van der Waals surface area (Å²) in [5.41, 5.74) is 2.32. The Balaban J connectivity index is 1.52. The van der Waals surface area contributed by atoms with Gasteiger partial charge in [0.1, 0.15) is 5.70 Å². The lowest BCUT2D eigenvalue weighted by atomic mass is 10.2. The maximum absolute atomic E-state index is 13.4. The summed E-state index contributed by atoms with van der Waals surface area (Å²) in [6.45, 7) is 3.46. The minimum absolute atomic E-state index is 0.0420. The number of benzene rings is 2. The van der Waals surface area contributed by atoms with Crippen LogP contribution in [0.1, 0.15) is 5.56 Å². The normalized spacial score (nSPS) is 18.1. The first-order chi connectivity index (χ1) is 17.0. The molecule has 0 atom stereocenters. The number of piperazine rings is 1. The molecule has 0 unspecified atom stereocenters. The molecule has 0 aliphatic carbocycles. The highest BCUT2D eigenvalue weighted by Crippen LogP contribution is 2.21. The van der Waals surface area contributed by atoms with Crippen molar-refractivity contribution in [3.8, 4) is 0 Å². The molecule has 2 aliphatic rings. The molecular formula is C25H31N5O4S. The van der Waals surface area contributed by atoms with Gasteiger partial charge in [-0.3, -0.25) is 4.79 Å². The Morgan fingerprint density at radius 2 is 1.49 bits per heavy atom. The Morgan fingerprint density at radius 1 is 0.886 bits per heavy atom. The van der Waals surface area contributed by atoms with Gasteiger partial charge in [-0.05, 0) is 17.7 Å². The second-order valence-corrected chi connectivity index (χ2v) is 10.4. The number of nitrogens with one attached hydrogen (secondary N) is 2. The van der Waals surface area contributed by atoms with Crippen molar-refractivity contribution in [2.45, 2.75) is 5.75 Å². The fourth-order valence-corrected chi connectivity index (χ4v) is 5.83. The lowest BCUT2D eigenvalue weighted by Crippen LogP contribution is -2.50. The first-order valence-corrected chi connectivity index (χ1v) is 13.3. The monoisotopic (exact) mass is 497 g/mol. The smallest absolute Gasteiger partial charge is 0.274 e. The molecule has 0 bridgehead atoms. The molecule has 10 heteroatoms. The van der Waals surface area contributed by atoms with E-state index in [1.165, 1.54) is 10.5 Å². The number of allylic oxidation sites excluding steroid dienone is 1. The molecule has 35 heavy (non-hydrogen) atoms. The van der Waals surface area contributed by atoms with Crippen LogP contribution in [-0.4, -0.2) is 87.1 Å². The minimum Gasteiger partial charge on any atom is -0.378 e. The summed E-state index contributed by atoms with van der Waals surface area (Å²) in [5.74, 6) is -0.338. The number of anilines is 1. The van der Waals surface area contributed by atoms with E-state index in [1.807, 2.05) is 70.5 Å². The summed E-state index contributed by atoms with van der Waals surface area (Å²) in [7, 11) is -3.46. The Labute approximate surface area is 206 Å². The van der Waals surface area contributed by atoms with Gasteiger partial charge < -0.3 is 25.3 Å². The molecule has 2 saturated heterocycles. The van der Waals surface area contributed by atoms with Crippen LogP contribution in [0.25, 0.3) is 0 Å². The standard InChI is InChI=1S/C25H31N5O4S/c26-19-23(24(29-15-17-34-18-16-29)25(31)27-22-9-5-2-6-10-22)28-11-13-30(14-12-28)35(32,33)20-21-7-3-1-4-8-21/h1-10,19,26H,11-18,20H2,(H,27,31)/b24-23-,26-19?. The lowest BCUT2D eigenvalue weighted by Gasteiger charge is -2.38. The number of hydrogen-bond acceptors (Lipinski definition) is 7. The number of sulfonamides is 1. The summed E-state index contributed by atoms with van der Waals surface area (Å²) in [6.07, 6.45) is 1.20. The van der Waals surface area contributed by atoms with E-state index in [2.05, 4.69) is 5.32 Å². The zero-order valence-corrected chi connectivity index (χ0v) is 20.4. The molecular weight excluding hydrogens is 466 g/mol. The zero-order chi connectivity index (χ0) is 24.7. The van der Waals surface area contributed by atoms with E-state index >= 15 is 0 Å². The molecule has 0 spiro atoms. The second kappa shape index (κ2) is 11.5. The van der Waals surface area contributed by atoms with Crippen LogP contribution in [0.2, 0.25) is 0 Å². The fraction of sp³-hybridized carbons (Fsp3) is 0.360. The summed E-state index contributed by atoms with van der Waals surface area (Å²) < 4.78 is 32.9. The number of carbonyl (C=O) groups is 1. The van der Waals surface area contributed by atoms with Gasteiger partial charge in [-0.2, -0.15) is 4.31 Å². The first-order valence-electron chi connectivity index (χ1n) is 11.7. The quantitative estimate of drug-likeness (QED) is 0.427. The largest absolute Gasteiger partial charge is 0.378 e. The van der Waals surface area contributed by atoms with E-state index in [1.54, 1.807) is 0 Å². The Bertz CT molecular complexity index is 1140. The lowest BCUT2D eigenvalue weighted by molar-refractivity contribution is -0.115. The predicted octanol–water partition coefficient (Wildman–Crippen LogP) is 1.97. The molecule has 2 aromatic rings. The molecule has 2 N–H and O–H groups in total. The molecule has 0 aromatic heterocycles. The number of carbonyl (C=O) groups excluding carboxylic acids is 1. The summed E-state index contributed by atoms with van der Waals surface area (Å²) in [6, 6.07) is 18.3. The number of hydrogen-bond donors (Lipinski definition) is 2. The average molecular weight is 498 g/mol. The minimum atomic E-state index is -3.46. The molecule has 2 aliphatic heterocycles. The van der Waals surface area contributed by atoms with Crippen molar-refractivity contribution < 1.29 is 17.9 Å². The summed E-state index contributed by atoms with van der Waals surface area (Å²) in [4.78, 5) is 17.3. The van der Waals surface area contributed by atoms with E-state index in [0.29, 0.717) is 69.6 Å². The fourth-order valence-electron chi connectivity index (χ4n) is 4.31. The SMILES string of the molecule is N=C/C(=C(\C(=O)Nc1ccccc1)N1CCOCC1)N1CCN(S(=O)(=O)Cc2ccccc2)CC1. The van der Waals surface area contributed by atoms with E-state index in [4.69, 9.17) is 10.1 Å². The van der Waals surface area contributed by atoms with Crippen molar-refractivity contribution >= 4 is 27.8 Å². The molecule has 0 saturated carbocycles. The number of rotatable bonds is 8. The number of ether oxygens (including phenoxy) is 1. The Hall–Kier alpha value is -3.21. The molecule has 2 aromatic carbocycles. The maximum Gasteiger partial charge on any atom is 0.274 e. The van der Waals surface area contributed by atoms with Crippen molar-refractivity contribution in [3.63, 3.8) is 0 Å². The molecule has 186 valence electrons. The van der Waals surface area contributed by atoms with Crippen molar-refractivity contribution in [1.82, 2.24) is 14.1 Å². The van der Waals surface area contributed by atoms with Gasteiger partial charge >= 0.3 is 0 Å². The third kappa shape index (κ3) is 6.27. The van der Waals surface area contributed by atoms with Crippen molar-refractivity contribution in [2.75, 3.05) is 57.8 Å². The van der Waals surface area contributed by atoms with Crippen molar-refractivity contribution in [3.05, 3.63) is 77.6 Å². The average Bonchev–Trinajstić information content (AvgIpc) is 2.88. The zero-order valence-electron chi connectivity index (χ0n) is 19.6. The van der Waals surface area contributed by atoms with E-state index in [-0.39, 0.29) is 11.7 Å². The molecule has 4 rings (SSSR count). The van der Waals surface area contributed by atoms with Crippen LogP contribution in [0.15, 0.2) is 72.1 Å². The van der Waals surface area contributed by atoms with Crippen LogP contribution in [0, 0.1) is 5.41 Å². The highest BCUT2D eigenvalue weighted by atomic mass is 32.2. The van der Waals surface area contributed by atoms with E-state index < -0.39 is 10.0 Å². The topological polar surface area (TPSA) is 106 Å². The molecule has 0 radical (unpaired) electrons. The Morgan fingerprint density at radius 3 is 2.09 bits per heavy atom. The Kier molecular flexibility index (Phi) is 8.17. The molecule has 9 nitrogen and oxygen atoms in total. The van der Waals surface area contributed by atoms with Gasteiger partial charge in [0.25, 0.3) is 5.91 Å². The highest BCUT2D eigenvalue weighted by Gasteiger charge is 2.31. The van der Waals surface area contributed by atoms with Gasteiger partial charge in [-0.15, -0.1) is 0 Å². The van der Waals surface area contributed by atoms with Crippen molar-refractivity contribution in [2.24, 2.45) is 0 Å². The molecule has 2 fully saturated rings. The number of morpholine rings is 1. The van der Waals surface area contributed by atoms with Gasteiger partial charge in [-0.25, -0.2) is 8.42 Å². The number of amides is 1. The van der Waals surface area contributed by atoms with E-state index in [9.17, 15) is 13.2 Å². The predicted molar refractivity (Wildman–Crippen MR) is 135 cm³/mol. The third-order valence-corrected chi connectivity index (χ3v) is 7.97. The first kappa shape index (κ1) is 24.9. The maximum atomic E-state index is 13.4. The van der Waals surface area contributed by atoms with Gasteiger partial charge in [-0.1, -0.05) is 48.5 Å². The van der Waals surface area contributed by atoms with E-state index in [0.717, 1.165) is 5.56 Å². The van der Waals surface area contributed by atoms with Crippen LogP contribution in [0.4, 0.5) is 5.69 Å². The number of para-hydroxylation sites is 1.